The molecule has 0 bridgehead atoms. The van der Waals surface area contributed by atoms with E-state index in [9.17, 15) is 14.4 Å². The Balaban J connectivity index is 1.35. The number of hydrogen-bond donors (Lipinski definition) is 1. The van der Waals surface area contributed by atoms with Gasteiger partial charge < -0.3 is 19.7 Å². The highest BCUT2D eigenvalue weighted by Gasteiger charge is 2.39. The molecular weight excluding hydrogens is 476 g/mol. The lowest BCUT2D eigenvalue weighted by Crippen LogP contribution is -2.33. The third kappa shape index (κ3) is 5.34. The third-order valence-electron chi connectivity index (χ3n) is 7.68. The van der Waals surface area contributed by atoms with Crippen LogP contribution in [0.3, 0.4) is 0 Å². The first kappa shape index (κ1) is 25.7. The minimum Gasteiger partial charge on any atom is -0.351 e. The number of aldehydes is 1. The molecule has 1 unspecified atom stereocenters. The Bertz CT molecular complexity index is 1370. The zero-order chi connectivity index (χ0) is 26.7. The second-order valence-electron chi connectivity index (χ2n) is 10.6. The molecule has 0 saturated carbocycles. The number of para-hydroxylation sites is 1. The fraction of sp³-hybridized carbons (Fsp3) is 0.323. The molecule has 7 nitrogen and oxygen atoms in total. The second kappa shape index (κ2) is 10.8. The number of nitrogens with one attached hydrogen (secondary N) is 1. The van der Waals surface area contributed by atoms with Gasteiger partial charge in [-0.25, -0.2) is 0 Å². The molecule has 1 atom stereocenters. The van der Waals surface area contributed by atoms with Gasteiger partial charge in [-0.1, -0.05) is 24.3 Å². The van der Waals surface area contributed by atoms with Gasteiger partial charge in [0.15, 0.2) is 6.29 Å². The van der Waals surface area contributed by atoms with Crippen LogP contribution in [0.25, 0.3) is 5.69 Å². The van der Waals surface area contributed by atoms with Crippen LogP contribution < -0.4 is 10.2 Å². The van der Waals surface area contributed by atoms with Crippen LogP contribution >= 0.6 is 0 Å². The molecule has 1 aliphatic heterocycles. The van der Waals surface area contributed by atoms with Gasteiger partial charge >= 0.3 is 0 Å². The summed E-state index contributed by atoms with van der Waals surface area (Å²) < 4.78 is 1.86. The highest BCUT2D eigenvalue weighted by Crippen LogP contribution is 2.46. The fourth-order valence-corrected chi connectivity index (χ4v) is 5.55. The number of fused-ring (bicyclic) bond motifs is 1. The van der Waals surface area contributed by atoms with Crippen molar-refractivity contribution >= 4 is 23.8 Å². The van der Waals surface area contributed by atoms with Gasteiger partial charge in [0, 0.05) is 60.1 Å². The Labute approximate surface area is 223 Å². The molecule has 196 valence electrons. The highest BCUT2D eigenvalue weighted by molar-refractivity contribution is 6.06. The summed E-state index contributed by atoms with van der Waals surface area (Å²) in [5, 5.41) is 3.05. The predicted molar refractivity (Wildman–Crippen MR) is 149 cm³/mol. The molecule has 1 N–H and O–H groups in total. The summed E-state index contributed by atoms with van der Waals surface area (Å²) in [4.78, 5) is 41.5. The van der Waals surface area contributed by atoms with Gasteiger partial charge in [0.1, 0.15) is 0 Å². The molecule has 2 aliphatic rings. The molecule has 5 rings (SSSR count). The molecular formula is C31H34N4O3. The molecule has 1 spiro atoms. The van der Waals surface area contributed by atoms with Crippen molar-refractivity contribution < 1.29 is 14.4 Å². The van der Waals surface area contributed by atoms with Crippen LogP contribution in [0.4, 0.5) is 5.69 Å². The summed E-state index contributed by atoms with van der Waals surface area (Å²) in [5.41, 5.74) is 4.91. The number of anilines is 1. The molecule has 2 aromatic carbocycles. The summed E-state index contributed by atoms with van der Waals surface area (Å²) in [6.45, 7) is 2.02. The van der Waals surface area contributed by atoms with Crippen molar-refractivity contribution in [2.45, 2.75) is 25.7 Å². The number of benzene rings is 2. The molecule has 3 aromatic rings. The van der Waals surface area contributed by atoms with Crippen molar-refractivity contribution in [3.05, 3.63) is 95.3 Å². The van der Waals surface area contributed by atoms with E-state index >= 15 is 0 Å². The molecule has 1 aliphatic carbocycles. The van der Waals surface area contributed by atoms with E-state index in [1.165, 1.54) is 0 Å². The molecule has 2 amide bonds. The molecule has 2 heterocycles. The van der Waals surface area contributed by atoms with Crippen molar-refractivity contribution in [2.75, 3.05) is 38.6 Å². The van der Waals surface area contributed by atoms with Crippen LogP contribution in [-0.4, -0.2) is 61.3 Å². The number of allylic oxidation sites excluding steroid dienone is 1. The van der Waals surface area contributed by atoms with Crippen molar-refractivity contribution in [1.29, 1.82) is 0 Å². The highest BCUT2D eigenvalue weighted by atomic mass is 16.2. The van der Waals surface area contributed by atoms with Gasteiger partial charge in [-0.3, -0.25) is 14.4 Å². The molecule has 0 radical (unpaired) electrons. The molecule has 0 fully saturated rings. The third-order valence-corrected chi connectivity index (χ3v) is 7.68. The molecule has 7 heteroatoms. The Morgan fingerprint density at radius 3 is 2.58 bits per heavy atom. The average molecular weight is 511 g/mol. The van der Waals surface area contributed by atoms with E-state index in [0.717, 1.165) is 61.0 Å². The monoisotopic (exact) mass is 510 g/mol. The Morgan fingerprint density at radius 2 is 1.84 bits per heavy atom. The summed E-state index contributed by atoms with van der Waals surface area (Å²) in [7, 11) is 3.99. The summed E-state index contributed by atoms with van der Waals surface area (Å²) in [6.07, 6.45) is 9.88. The van der Waals surface area contributed by atoms with Gasteiger partial charge in [0.2, 0.25) is 5.91 Å². The zero-order valence-electron chi connectivity index (χ0n) is 22.0. The van der Waals surface area contributed by atoms with Crippen LogP contribution in [0.5, 0.6) is 0 Å². The normalized spacial score (nSPS) is 18.7. The topological polar surface area (TPSA) is 74.7 Å². The minimum absolute atomic E-state index is 0.0252. The molecule has 1 aromatic heterocycles. The van der Waals surface area contributed by atoms with Crippen LogP contribution in [0.2, 0.25) is 0 Å². The number of hydrogen-bond acceptors (Lipinski definition) is 4. The van der Waals surface area contributed by atoms with Gasteiger partial charge in [0.05, 0.1) is 0 Å². The van der Waals surface area contributed by atoms with E-state index in [2.05, 4.69) is 22.4 Å². The van der Waals surface area contributed by atoms with Gasteiger partial charge in [0.25, 0.3) is 5.91 Å². The van der Waals surface area contributed by atoms with E-state index in [1.807, 2.05) is 72.2 Å². The lowest BCUT2D eigenvalue weighted by Gasteiger charge is -2.26. The first-order valence-electron chi connectivity index (χ1n) is 13.2. The van der Waals surface area contributed by atoms with Gasteiger partial charge in [-0.05, 0) is 87.2 Å². The van der Waals surface area contributed by atoms with Crippen LogP contribution in [0.15, 0.2) is 78.6 Å². The van der Waals surface area contributed by atoms with Gasteiger partial charge in [-0.2, -0.15) is 0 Å². The Morgan fingerprint density at radius 1 is 1.05 bits per heavy atom. The van der Waals surface area contributed by atoms with Crippen molar-refractivity contribution in [3.63, 3.8) is 0 Å². The summed E-state index contributed by atoms with van der Waals surface area (Å²) >= 11 is 0. The smallest absolute Gasteiger partial charge is 0.258 e. The molecule has 38 heavy (non-hydrogen) atoms. The first-order valence-corrected chi connectivity index (χ1v) is 13.2. The second-order valence-corrected chi connectivity index (χ2v) is 10.6. The quantitative estimate of drug-likeness (QED) is 0.482. The van der Waals surface area contributed by atoms with E-state index in [0.29, 0.717) is 24.2 Å². The number of likely N-dealkylation sites (N-methyl/N-ethyl adjacent to an activating group) is 1. The maximum atomic E-state index is 13.8. The van der Waals surface area contributed by atoms with E-state index in [1.54, 1.807) is 12.3 Å². The lowest BCUT2D eigenvalue weighted by atomic mass is 9.79. The summed E-state index contributed by atoms with van der Waals surface area (Å²) in [6, 6.07) is 17.4. The minimum atomic E-state index is -0.131. The standard InChI is InChI=1S/C31H34N4O3/c1-33(2)18-15-32-29(37)26-11-13-31(20-26)14-17-35(28-6-4-3-5-25(28)19-31)30(38)24-7-9-27(10-8-24)34-16-12-23(21-34)22-36/h3-10,12,16,20-22H,11,13-15,17-19H2,1-2H3,(H,32,37). The number of rotatable bonds is 7. The number of carbonyl (C=O) groups excluding carboxylic acids is 3. The molecule has 0 saturated heterocycles. The SMILES string of the molecule is CN(C)CCNC(=O)C1=CC2(CC1)CCN(C(=O)c1ccc(-n3ccc(C=O)c3)cc1)c1ccccc1C2. The maximum absolute atomic E-state index is 13.8. The largest absolute Gasteiger partial charge is 0.351 e. The Kier molecular flexibility index (Phi) is 7.29. The maximum Gasteiger partial charge on any atom is 0.258 e. The van der Waals surface area contributed by atoms with E-state index in [4.69, 9.17) is 0 Å². The van der Waals surface area contributed by atoms with E-state index < -0.39 is 0 Å². The van der Waals surface area contributed by atoms with Crippen molar-refractivity contribution in [2.24, 2.45) is 5.41 Å². The average Bonchev–Trinajstić information content (AvgIpc) is 3.53. The first-order chi connectivity index (χ1) is 18.4. The van der Waals surface area contributed by atoms with E-state index in [-0.39, 0.29) is 17.2 Å². The zero-order valence-corrected chi connectivity index (χ0v) is 22.0. The van der Waals surface area contributed by atoms with Crippen LogP contribution in [0, 0.1) is 5.41 Å². The number of amides is 2. The van der Waals surface area contributed by atoms with Crippen LogP contribution in [-0.2, 0) is 11.2 Å². The van der Waals surface area contributed by atoms with Gasteiger partial charge in [-0.15, -0.1) is 0 Å². The fourth-order valence-electron chi connectivity index (χ4n) is 5.55. The number of carbonyl (C=O) groups is 3. The van der Waals surface area contributed by atoms with Crippen molar-refractivity contribution in [1.82, 2.24) is 14.8 Å². The summed E-state index contributed by atoms with van der Waals surface area (Å²) in [5.74, 6) is -0.0111. The number of nitrogens with zero attached hydrogens (tertiary/aromatic N) is 3. The van der Waals surface area contributed by atoms with Crippen molar-refractivity contribution in [3.8, 4) is 5.69 Å². The van der Waals surface area contributed by atoms with Crippen LogP contribution in [0.1, 0.15) is 45.5 Å². The Hall–Kier alpha value is -3.97. The predicted octanol–water partition coefficient (Wildman–Crippen LogP) is 4.27. The number of aromatic nitrogens is 1. The lowest BCUT2D eigenvalue weighted by molar-refractivity contribution is -0.117.